The first-order valence-electron chi connectivity index (χ1n) is 7.58. The number of hydrogen-bond acceptors (Lipinski definition) is 3. The number of rotatable bonds is 1. The Morgan fingerprint density at radius 3 is 2.73 bits per heavy atom. The Hall–Kier alpha value is -2.55. The Labute approximate surface area is 127 Å². The molecule has 0 bridgehead atoms. The zero-order chi connectivity index (χ0) is 15.1. The Morgan fingerprint density at radius 2 is 1.82 bits per heavy atom. The zero-order valence-electron chi connectivity index (χ0n) is 12.1. The minimum absolute atomic E-state index is 0.0635. The molecule has 1 atom stereocenters. The minimum atomic E-state index is -0.432. The maximum absolute atomic E-state index is 12.4. The Bertz CT molecular complexity index is 908. The third-order valence-corrected chi connectivity index (χ3v) is 4.54. The Balaban J connectivity index is 1.98. The van der Waals surface area contributed by atoms with Gasteiger partial charge in [-0.05, 0) is 42.5 Å². The quantitative estimate of drug-likeness (QED) is 0.690. The first-order chi connectivity index (χ1) is 10.8. The van der Waals surface area contributed by atoms with E-state index in [1.807, 2.05) is 24.3 Å². The van der Waals surface area contributed by atoms with Gasteiger partial charge < -0.3 is 9.52 Å². The summed E-state index contributed by atoms with van der Waals surface area (Å²) >= 11 is 0. The summed E-state index contributed by atoms with van der Waals surface area (Å²) in [6, 6.07) is 15.3. The second kappa shape index (κ2) is 5.02. The van der Waals surface area contributed by atoms with Crippen LogP contribution in [0.2, 0.25) is 0 Å². The zero-order valence-corrected chi connectivity index (χ0v) is 12.1. The van der Waals surface area contributed by atoms with Gasteiger partial charge in [0.05, 0.1) is 10.9 Å². The lowest BCUT2D eigenvalue weighted by Gasteiger charge is -2.25. The summed E-state index contributed by atoms with van der Waals surface area (Å²) in [7, 11) is 0. The third kappa shape index (κ3) is 1.93. The molecule has 3 aromatic rings. The second-order valence-corrected chi connectivity index (χ2v) is 5.79. The monoisotopic (exact) mass is 292 g/mol. The van der Waals surface area contributed by atoms with Gasteiger partial charge in [0, 0.05) is 5.92 Å². The topological polar surface area (TPSA) is 50.4 Å². The van der Waals surface area contributed by atoms with Crippen LogP contribution in [-0.4, -0.2) is 5.11 Å². The molecule has 3 heteroatoms. The molecule has 1 aliphatic rings. The van der Waals surface area contributed by atoms with Crippen molar-refractivity contribution in [3.8, 4) is 5.75 Å². The lowest BCUT2D eigenvalue weighted by molar-refractivity contribution is 0.444. The van der Waals surface area contributed by atoms with Crippen molar-refractivity contribution < 1.29 is 9.52 Å². The molecule has 2 aromatic carbocycles. The fraction of sp³-hybridized carbons (Fsp3) is 0.211. The summed E-state index contributed by atoms with van der Waals surface area (Å²) in [6.07, 6.45) is 2.88. The van der Waals surface area contributed by atoms with E-state index in [-0.39, 0.29) is 11.7 Å². The smallest absolute Gasteiger partial charge is 0.343 e. The molecule has 0 spiro atoms. The summed E-state index contributed by atoms with van der Waals surface area (Å²) in [5.74, 6) is -0.0284. The molecule has 0 saturated heterocycles. The van der Waals surface area contributed by atoms with Crippen molar-refractivity contribution in [1.29, 1.82) is 0 Å². The summed E-state index contributed by atoms with van der Waals surface area (Å²) in [5.41, 5.74) is 2.78. The normalized spacial score (nSPS) is 17.4. The van der Waals surface area contributed by atoms with Crippen LogP contribution in [0.5, 0.6) is 5.75 Å². The molecule has 0 amide bonds. The number of benzene rings is 2. The van der Waals surface area contributed by atoms with Crippen molar-refractivity contribution in [2.24, 2.45) is 0 Å². The molecule has 1 aliphatic carbocycles. The van der Waals surface area contributed by atoms with E-state index in [0.717, 1.165) is 24.8 Å². The van der Waals surface area contributed by atoms with E-state index in [1.165, 1.54) is 5.56 Å². The van der Waals surface area contributed by atoms with E-state index in [1.54, 1.807) is 18.2 Å². The molecule has 0 radical (unpaired) electrons. The maximum Gasteiger partial charge on any atom is 0.343 e. The predicted molar refractivity (Wildman–Crippen MR) is 85.4 cm³/mol. The van der Waals surface area contributed by atoms with E-state index in [0.29, 0.717) is 16.5 Å². The highest BCUT2D eigenvalue weighted by atomic mass is 16.4. The molecule has 22 heavy (non-hydrogen) atoms. The molecular weight excluding hydrogens is 276 g/mol. The minimum Gasteiger partial charge on any atom is -0.507 e. The molecule has 0 aliphatic heterocycles. The van der Waals surface area contributed by atoms with Gasteiger partial charge in [-0.1, -0.05) is 36.4 Å². The molecule has 0 unspecified atom stereocenters. The van der Waals surface area contributed by atoms with Gasteiger partial charge in [-0.3, -0.25) is 0 Å². The molecule has 1 heterocycles. The third-order valence-electron chi connectivity index (χ3n) is 4.54. The van der Waals surface area contributed by atoms with Crippen LogP contribution in [0.1, 0.15) is 35.4 Å². The average Bonchev–Trinajstić information content (AvgIpc) is 2.55. The summed E-state index contributed by atoms with van der Waals surface area (Å²) in [4.78, 5) is 12.4. The van der Waals surface area contributed by atoms with E-state index in [9.17, 15) is 9.90 Å². The largest absolute Gasteiger partial charge is 0.507 e. The van der Waals surface area contributed by atoms with Crippen molar-refractivity contribution in [2.45, 2.75) is 25.2 Å². The fourth-order valence-corrected chi connectivity index (χ4v) is 3.51. The van der Waals surface area contributed by atoms with Gasteiger partial charge in [0.25, 0.3) is 0 Å². The van der Waals surface area contributed by atoms with Gasteiger partial charge >= 0.3 is 5.63 Å². The van der Waals surface area contributed by atoms with Crippen molar-refractivity contribution in [3.05, 3.63) is 75.6 Å². The summed E-state index contributed by atoms with van der Waals surface area (Å²) < 4.78 is 5.43. The van der Waals surface area contributed by atoms with Crippen LogP contribution in [0.4, 0.5) is 0 Å². The molecule has 3 nitrogen and oxygen atoms in total. The van der Waals surface area contributed by atoms with Crippen LogP contribution in [0.25, 0.3) is 11.0 Å². The van der Waals surface area contributed by atoms with E-state index >= 15 is 0 Å². The van der Waals surface area contributed by atoms with Crippen LogP contribution >= 0.6 is 0 Å². The number of fused-ring (bicyclic) bond motifs is 2. The van der Waals surface area contributed by atoms with Gasteiger partial charge in [0.15, 0.2) is 0 Å². The molecule has 1 N–H and O–H groups in total. The first-order valence-corrected chi connectivity index (χ1v) is 7.58. The summed E-state index contributed by atoms with van der Waals surface area (Å²) in [6.45, 7) is 0. The highest BCUT2D eigenvalue weighted by molar-refractivity contribution is 5.84. The first kappa shape index (κ1) is 13.1. The van der Waals surface area contributed by atoms with Gasteiger partial charge in [-0.25, -0.2) is 4.79 Å². The van der Waals surface area contributed by atoms with Crippen LogP contribution in [0.3, 0.4) is 0 Å². The van der Waals surface area contributed by atoms with Crippen molar-refractivity contribution in [3.63, 3.8) is 0 Å². The van der Waals surface area contributed by atoms with Crippen LogP contribution in [-0.2, 0) is 6.42 Å². The van der Waals surface area contributed by atoms with Crippen LogP contribution in [0.15, 0.2) is 57.7 Å². The second-order valence-electron chi connectivity index (χ2n) is 5.79. The molecule has 1 aromatic heterocycles. The number of aromatic hydroxyl groups is 1. The van der Waals surface area contributed by atoms with Crippen LogP contribution in [0, 0.1) is 0 Å². The van der Waals surface area contributed by atoms with Gasteiger partial charge in [0.1, 0.15) is 11.3 Å². The van der Waals surface area contributed by atoms with Gasteiger partial charge in [-0.2, -0.15) is 0 Å². The summed E-state index contributed by atoms with van der Waals surface area (Å²) in [5, 5.41) is 11.2. The highest BCUT2D eigenvalue weighted by Gasteiger charge is 2.28. The van der Waals surface area contributed by atoms with E-state index in [4.69, 9.17) is 4.42 Å². The number of hydrogen-bond donors (Lipinski definition) is 1. The van der Waals surface area contributed by atoms with Gasteiger partial charge in [0.2, 0.25) is 0 Å². The molecular formula is C19H16O3. The number of para-hydroxylation sites is 1. The number of aryl methyl sites for hydroxylation is 1. The lowest BCUT2D eigenvalue weighted by atomic mass is 9.79. The average molecular weight is 292 g/mol. The molecule has 0 fully saturated rings. The van der Waals surface area contributed by atoms with Crippen molar-refractivity contribution in [2.75, 3.05) is 0 Å². The molecule has 110 valence electrons. The lowest BCUT2D eigenvalue weighted by Crippen LogP contribution is -2.18. The predicted octanol–water partition coefficient (Wildman–Crippen LogP) is 3.97. The van der Waals surface area contributed by atoms with Crippen molar-refractivity contribution in [1.82, 2.24) is 0 Å². The van der Waals surface area contributed by atoms with E-state index < -0.39 is 5.63 Å². The van der Waals surface area contributed by atoms with Crippen LogP contribution < -0.4 is 5.63 Å². The Kier molecular flexibility index (Phi) is 3.00. The SMILES string of the molecule is O=c1oc2ccccc2c(O)c1[C@H]1CCCc2ccccc21. The van der Waals surface area contributed by atoms with Crippen molar-refractivity contribution >= 4 is 11.0 Å². The fourth-order valence-electron chi connectivity index (χ4n) is 3.51. The standard InChI is InChI=1S/C19H16O3/c20-18-15-9-3-4-11-16(15)22-19(21)17(18)14-10-5-7-12-6-1-2-8-13(12)14/h1-4,6,8-9,11,14,20H,5,7,10H2/t14-/m0/s1. The maximum atomic E-state index is 12.4. The van der Waals surface area contributed by atoms with Gasteiger partial charge in [-0.15, -0.1) is 0 Å². The molecule has 0 saturated carbocycles. The van der Waals surface area contributed by atoms with E-state index in [2.05, 4.69) is 6.07 Å². The Morgan fingerprint density at radius 1 is 1.05 bits per heavy atom. The molecule has 4 rings (SSSR count). The highest BCUT2D eigenvalue weighted by Crippen LogP contribution is 2.40.